The minimum absolute atomic E-state index is 0.0324. The number of hydrogen-bond donors (Lipinski definition) is 2. The molecule has 118 valence electrons. The van der Waals surface area contributed by atoms with E-state index in [4.69, 9.17) is 5.11 Å². The van der Waals surface area contributed by atoms with Crippen LogP contribution in [0.15, 0.2) is 30.3 Å². The quantitative estimate of drug-likeness (QED) is 0.812. The molecular weight excluding hydrogens is 264 g/mol. The Morgan fingerprint density at radius 1 is 1.29 bits per heavy atom. The number of likely N-dealkylation sites (N-methyl/N-ethyl adjacent to an activating group) is 1. The number of rotatable bonds is 7. The van der Waals surface area contributed by atoms with E-state index in [0.29, 0.717) is 6.54 Å². The van der Waals surface area contributed by atoms with Crippen LogP contribution in [0.4, 0.5) is 4.79 Å². The maximum atomic E-state index is 12.2. The average Bonchev–Trinajstić information content (AvgIpc) is 2.55. The largest absolute Gasteiger partial charge is 0.394 e. The summed E-state index contributed by atoms with van der Waals surface area (Å²) in [7, 11) is 1.71. The molecule has 0 heterocycles. The Balaban J connectivity index is 2.79. The van der Waals surface area contributed by atoms with Crippen LogP contribution in [0.5, 0.6) is 0 Å². The van der Waals surface area contributed by atoms with Gasteiger partial charge in [0, 0.05) is 19.0 Å². The van der Waals surface area contributed by atoms with Crippen molar-refractivity contribution < 1.29 is 9.90 Å². The molecule has 1 aromatic carbocycles. The number of nitrogens with zero attached hydrogens (tertiary/aromatic N) is 1. The monoisotopic (exact) mass is 292 g/mol. The van der Waals surface area contributed by atoms with Gasteiger partial charge in [0.1, 0.15) is 0 Å². The van der Waals surface area contributed by atoms with Gasteiger partial charge >= 0.3 is 6.03 Å². The van der Waals surface area contributed by atoms with Crippen molar-refractivity contribution in [3.63, 3.8) is 0 Å². The lowest BCUT2D eigenvalue weighted by atomic mass is 9.76. The Bertz CT molecular complexity index is 430. The molecule has 0 saturated heterocycles. The van der Waals surface area contributed by atoms with Crippen molar-refractivity contribution in [2.24, 2.45) is 0 Å². The zero-order valence-electron chi connectivity index (χ0n) is 13.6. The lowest BCUT2D eigenvalue weighted by Crippen LogP contribution is -2.48. The van der Waals surface area contributed by atoms with E-state index in [9.17, 15) is 4.79 Å². The molecule has 0 aromatic heterocycles. The number of urea groups is 1. The molecule has 1 unspecified atom stereocenters. The number of carbonyl (C=O) groups excluding carboxylic acids is 1. The molecule has 2 N–H and O–H groups in total. The maximum absolute atomic E-state index is 12.2. The highest BCUT2D eigenvalue weighted by molar-refractivity contribution is 5.74. The summed E-state index contributed by atoms with van der Waals surface area (Å²) >= 11 is 0. The second-order valence-corrected chi connectivity index (χ2v) is 5.65. The average molecular weight is 292 g/mol. The van der Waals surface area contributed by atoms with Crippen LogP contribution in [0.1, 0.15) is 39.2 Å². The van der Waals surface area contributed by atoms with Gasteiger partial charge < -0.3 is 15.3 Å². The summed E-state index contributed by atoms with van der Waals surface area (Å²) in [6.07, 6.45) is 1.93. The first-order chi connectivity index (χ1) is 10.0. The van der Waals surface area contributed by atoms with E-state index in [-0.39, 0.29) is 24.1 Å². The molecule has 4 heteroatoms. The summed E-state index contributed by atoms with van der Waals surface area (Å²) in [5.41, 5.74) is 1.22. The molecule has 0 spiro atoms. The van der Waals surface area contributed by atoms with E-state index >= 15 is 0 Å². The third kappa shape index (κ3) is 4.21. The van der Waals surface area contributed by atoms with E-state index in [1.54, 1.807) is 11.9 Å². The van der Waals surface area contributed by atoms with Crippen molar-refractivity contribution in [2.75, 3.05) is 20.2 Å². The second-order valence-electron chi connectivity index (χ2n) is 5.65. The fourth-order valence-electron chi connectivity index (χ4n) is 2.49. The molecule has 0 saturated carbocycles. The molecule has 0 radical (unpaired) electrons. The molecule has 1 atom stereocenters. The topological polar surface area (TPSA) is 52.6 Å². The number of carbonyl (C=O) groups is 1. The molecule has 4 nitrogen and oxygen atoms in total. The molecule has 1 rings (SSSR count). The highest BCUT2D eigenvalue weighted by atomic mass is 16.3. The van der Waals surface area contributed by atoms with Gasteiger partial charge in [0.25, 0.3) is 0 Å². The maximum Gasteiger partial charge on any atom is 0.317 e. The third-order valence-corrected chi connectivity index (χ3v) is 4.56. The Hall–Kier alpha value is -1.55. The normalized spacial score (nSPS) is 12.8. The second kappa shape index (κ2) is 8.03. The van der Waals surface area contributed by atoms with Gasteiger partial charge in [-0.15, -0.1) is 0 Å². The van der Waals surface area contributed by atoms with Gasteiger partial charge in [-0.1, -0.05) is 44.2 Å². The van der Waals surface area contributed by atoms with Crippen molar-refractivity contribution in [1.29, 1.82) is 0 Å². The molecule has 0 aliphatic carbocycles. The first kappa shape index (κ1) is 17.5. The van der Waals surface area contributed by atoms with E-state index in [1.165, 1.54) is 5.56 Å². The van der Waals surface area contributed by atoms with Crippen molar-refractivity contribution >= 4 is 6.03 Å². The van der Waals surface area contributed by atoms with E-state index in [2.05, 4.69) is 31.3 Å². The van der Waals surface area contributed by atoms with Crippen LogP contribution in [0.2, 0.25) is 0 Å². The van der Waals surface area contributed by atoms with E-state index in [1.807, 2.05) is 25.1 Å². The predicted molar refractivity (Wildman–Crippen MR) is 86.4 cm³/mol. The Labute approximate surface area is 128 Å². The number of hydrogen-bond acceptors (Lipinski definition) is 2. The summed E-state index contributed by atoms with van der Waals surface area (Å²) in [6.45, 7) is 6.70. The number of nitrogens with one attached hydrogen (secondary N) is 1. The standard InChI is InChI=1S/C17H28N2O2/c1-5-17(6-2,15-10-8-7-9-11-15)13-18-16(21)19(4)14(3)12-20/h7-11,14,20H,5-6,12-13H2,1-4H3,(H,18,21). The number of amides is 2. The number of benzene rings is 1. The Morgan fingerprint density at radius 2 is 1.86 bits per heavy atom. The molecule has 2 amide bonds. The van der Waals surface area contributed by atoms with Crippen LogP contribution >= 0.6 is 0 Å². The van der Waals surface area contributed by atoms with Crippen molar-refractivity contribution in [2.45, 2.75) is 45.1 Å². The highest BCUT2D eigenvalue weighted by Gasteiger charge is 2.29. The molecular formula is C17H28N2O2. The van der Waals surface area contributed by atoms with Gasteiger partial charge in [0.15, 0.2) is 0 Å². The Kier molecular flexibility index (Phi) is 6.69. The van der Waals surface area contributed by atoms with Gasteiger partial charge in [0.2, 0.25) is 0 Å². The predicted octanol–water partition coefficient (Wildman–Crippen LogP) is 2.77. The Morgan fingerprint density at radius 3 is 2.33 bits per heavy atom. The van der Waals surface area contributed by atoms with Crippen molar-refractivity contribution in [3.8, 4) is 0 Å². The molecule has 21 heavy (non-hydrogen) atoms. The lowest BCUT2D eigenvalue weighted by Gasteiger charge is -2.34. The molecule has 0 aliphatic rings. The van der Waals surface area contributed by atoms with Gasteiger partial charge in [-0.05, 0) is 25.3 Å². The summed E-state index contributed by atoms with van der Waals surface area (Å²) in [5, 5.41) is 12.1. The number of aliphatic hydroxyl groups is 1. The van der Waals surface area contributed by atoms with Gasteiger partial charge in [0.05, 0.1) is 12.6 Å². The van der Waals surface area contributed by atoms with E-state index in [0.717, 1.165) is 12.8 Å². The summed E-state index contributed by atoms with van der Waals surface area (Å²) in [6, 6.07) is 10.0. The van der Waals surface area contributed by atoms with Gasteiger partial charge in [-0.25, -0.2) is 4.79 Å². The van der Waals surface area contributed by atoms with E-state index < -0.39 is 0 Å². The van der Waals surface area contributed by atoms with Crippen LogP contribution in [0.25, 0.3) is 0 Å². The molecule has 0 fully saturated rings. The van der Waals surface area contributed by atoms with Crippen LogP contribution in [0, 0.1) is 0 Å². The third-order valence-electron chi connectivity index (χ3n) is 4.56. The smallest absolute Gasteiger partial charge is 0.317 e. The van der Waals surface area contributed by atoms with Crippen LogP contribution in [-0.2, 0) is 5.41 Å². The fourth-order valence-corrected chi connectivity index (χ4v) is 2.49. The molecule has 0 bridgehead atoms. The van der Waals surface area contributed by atoms with Crippen LogP contribution in [-0.4, -0.2) is 42.3 Å². The fraction of sp³-hybridized carbons (Fsp3) is 0.588. The van der Waals surface area contributed by atoms with Crippen molar-refractivity contribution in [1.82, 2.24) is 10.2 Å². The number of aliphatic hydroxyl groups excluding tert-OH is 1. The highest BCUT2D eigenvalue weighted by Crippen LogP contribution is 2.30. The summed E-state index contributed by atoms with van der Waals surface area (Å²) in [5.74, 6) is 0. The molecule has 1 aromatic rings. The van der Waals surface area contributed by atoms with Crippen LogP contribution < -0.4 is 5.32 Å². The zero-order chi connectivity index (χ0) is 15.9. The SMILES string of the molecule is CCC(CC)(CNC(=O)N(C)C(C)CO)c1ccccc1. The van der Waals surface area contributed by atoms with Gasteiger partial charge in [-0.3, -0.25) is 0 Å². The first-order valence-electron chi connectivity index (χ1n) is 7.67. The van der Waals surface area contributed by atoms with Crippen LogP contribution in [0.3, 0.4) is 0 Å². The van der Waals surface area contributed by atoms with Gasteiger partial charge in [-0.2, -0.15) is 0 Å². The summed E-state index contributed by atoms with van der Waals surface area (Å²) < 4.78 is 0. The first-order valence-corrected chi connectivity index (χ1v) is 7.67. The van der Waals surface area contributed by atoms with Crippen molar-refractivity contribution in [3.05, 3.63) is 35.9 Å². The molecule has 0 aliphatic heterocycles. The lowest BCUT2D eigenvalue weighted by molar-refractivity contribution is 0.155. The minimum atomic E-state index is -0.181. The zero-order valence-corrected chi connectivity index (χ0v) is 13.6. The minimum Gasteiger partial charge on any atom is -0.394 e. The summed E-state index contributed by atoms with van der Waals surface area (Å²) in [4.78, 5) is 13.7.